The summed E-state index contributed by atoms with van der Waals surface area (Å²) in [4.78, 5) is 3.83. The Kier molecular flexibility index (Phi) is 3.27. The molecule has 6 heteroatoms. The predicted octanol–water partition coefficient (Wildman–Crippen LogP) is -2.00. The number of nitrogens with two attached hydrogens (primary N) is 2. The first kappa shape index (κ1) is 9.53. The zero-order valence-electron chi connectivity index (χ0n) is 7.30. The minimum atomic E-state index is 0.0717. The monoisotopic (exact) mass is 184 g/mol. The predicted molar refractivity (Wildman–Crippen MR) is 47.5 cm³/mol. The quantitative estimate of drug-likeness (QED) is 0.287. The molecule has 0 atom stereocenters. The van der Waals surface area contributed by atoms with E-state index in [1.54, 1.807) is 0 Å². The van der Waals surface area contributed by atoms with Crippen molar-refractivity contribution in [1.29, 1.82) is 0 Å². The normalized spacial score (nSPS) is 9.92. The van der Waals surface area contributed by atoms with Crippen LogP contribution in [0.4, 0.5) is 0 Å². The van der Waals surface area contributed by atoms with Gasteiger partial charge in [0, 0.05) is 0 Å². The number of nitrogens with zero attached hydrogens (tertiary/aromatic N) is 3. The van der Waals surface area contributed by atoms with E-state index in [4.69, 9.17) is 16.6 Å². The van der Waals surface area contributed by atoms with Gasteiger partial charge in [0.1, 0.15) is 18.9 Å². The molecule has 1 aromatic rings. The molecular weight excluding hydrogens is 170 g/mol. The van der Waals surface area contributed by atoms with E-state index < -0.39 is 0 Å². The van der Waals surface area contributed by atoms with Gasteiger partial charge in [0.05, 0.1) is 6.61 Å². The Morgan fingerprint density at radius 3 is 2.92 bits per heavy atom. The number of imidazole rings is 1. The minimum Gasteiger partial charge on any atom is -0.392 e. The topological polar surface area (TPSA) is 93.4 Å². The van der Waals surface area contributed by atoms with Crippen molar-refractivity contribution >= 4 is 5.96 Å². The lowest BCUT2D eigenvalue weighted by Crippen LogP contribution is -2.33. The van der Waals surface area contributed by atoms with Gasteiger partial charge in [-0.3, -0.25) is 0 Å². The number of aliphatic hydroxyl groups is 1. The standard InChI is InChI=1S/C7H14N5O/c8-7(9)10-5-12-2-1-11(6-12)3-4-13/h1-2,6,13H,3-5H2,(H4,8,9,10)/q+1. The maximum absolute atomic E-state index is 8.65. The minimum absolute atomic E-state index is 0.0717. The number of guanidine groups is 1. The van der Waals surface area contributed by atoms with E-state index in [-0.39, 0.29) is 12.6 Å². The number of aliphatic hydroxyl groups excluding tert-OH is 1. The Morgan fingerprint density at radius 1 is 1.54 bits per heavy atom. The fourth-order valence-corrected chi connectivity index (χ4v) is 0.933. The molecule has 0 aromatic carbocycles. The van der Waals surface area contributed by atoms with Gasteiger partial charge in [-0.15, -0.1) is 0 Å². The first-order valence-corrected chi connectivity index (χ1v) is 3.93. The van der Waals surface area contributed by atoms with E-state index in [9.17, 15) is 0 Å². The molecule has 13 heavy (non-hydrogen) atoms. The van der Waals surface area contributed by atoms with Crippen LogP contribution in [-0.2, 0) is 13.2 Å². The Hall–Kier alpha value is -1.56. The highest BCUT2D eigenvalue weighted by Crippen LogP contribution is 1.83. The van der Waals surface area contributed by atoms with Gasteiger partial charge in [-0.05, 0) is 0 Å². The zero-order chi connectivity index (χ0) is 9.68. The van der Waals surface area contributed by atoms with Crippen LogP contribution in [0, 0.1) is 0 Å². The van der Waals surface area contributed by atoms with Crippen LogP contribution in [0.1, 0.15) is 0 Å². The van der Waals surface area contributed by atoms with Crippen molar-refractivity contribution in [2.75, 3.05) is 6.61 Å². The molecule has 1 heterocycles. The molecule has 0 saturated carbocycles. The van der Waals surface area contributed by atoms with Gasteiger partial charge >= 0.3 is 0 Å². The highest BCUT2D eigenvalue weighted by Gasteiger charge is 2.00. The van der Waals surface area contributed by atoms with Crippen LogP contribution in [0.2, 0.25) is 0 Å². The molecule has 72 valence electrons. The number of hydrogen-bond acceptors (Lipinski definition) is 2. The molecule has 0 amide bonds. The van der Waals surface area contributed by atoms with Crippen molar-refractivity contribution in [2.45, 2.75) is 13.2 Å². The average Bonchev–Trinajstić information content (AvgIpc) is 2.50. The van der Waals surface area contributed by atoms with Crippen LogP contribution in [0.15, 0.2) is 23.7 Å². The number of aliphatic imine (C=N–C) groups is 1. The van der Waals surface area contributed by atoms with Crippen molar-refractivity contribution in [3.05, 3.63) is 18.7 Å². The summed E-state index contributed by atoms with van der Waals surface area (Å²) in [5.41, 5.74) is 10.3. The Morgan fingerprint density at radius 2 is 2.31 bits per heavy atom. The van der Waals surface area contributed by atoms with Crippen molar-refractivity contribution < 1.29 is 9.67 Å². The average molecular weight is 184 g/mol. The van der Waals surface area contributed by atoms with Gasteiger partial charge in [0.25, 0.3) is 0 Å². The van der Waals surface area contributed by atoms with Crippen LogP contribution in [0.25, 0.3) is 0 Å². The lowest BCUT2D eigenvalue weighted by atomic mass is 10.7. The van der Waals surface area contributed by atoms with E-state index in [0.717, 1.165) is 0 Å². The highest BCUT2D eigenvalue weighted by molar-refractivity contribution is 5.75. The highest BCUT2D eigenvalue weighted by atomic mass is 16.3. The molecule has 6 nitrogen and oxygen atoms in total. The summed E-state index contributed by atoms with van der Waals surface area (Å²) in [5, 5.41) is 8.65. The molecule has 0 spiro atoms. The molecule has 0 fully saturated rings. The SMILES string of the molecule is NC(N)=NC[n+]1ccn(CCO)c1. The lowest BCUT2D eigenvalue weighted by molar-refractivity contribution is -0.694. The molecular formula is C7H14N5O+. The van der Waals surface area contributed by atoms with Crippen LogP contribution < -0.4 is 16.0 Å². The lowest BCUT2D eigenvalue weighted by Gasteiger charge is -1.91. The van der Waals surface area contributed by atoms with Gasteiger partial charge in [0.15, 0.2) is 12.6 Å². The zero-order valence-corrected chi connectivity index (χ0v) is 7.30. The Bertz CT molecular complexity index is 289. The largest absolute Gasteiger partial charge is 0.392 e. The van der Waals surface area contributed by atoms with Crippen LogP contribution in [0.3, 0.4) is 0 Å². The smallest absolute Gasteiger partial charge is 0.245 e. The summed E-state index contributed by atoms with van der Waals surface area (Å²) in [7, 11) is 0. The molecule has 0 aliphatic rings. The summed E-state index contributed by atoms with van der Waals surface area (Å²) < 4.78 is 3.66. The van der Waals surface area contributed by atoms with Gasteiger partial charge in [-0.25, -0.2) is 14.1 Å². The third kappa shape index (κ3) is 3.12. The summed E-state index contributed by atoms with van der Waals surface area (Å²) in [5.74, 6) is 0.0717. The fraction of sp³-hybridized carbons (Fsp3) is 0.429. The van der Waals surface area contributed by atoms with E-state index in [0.29, 0.717) is 13.2 Å². The van der Waals surface area contributed by atoms with E-state index in [2.05, 4.69) is 4.99 Å². The van der Waals surface area contributed by atoms with Crippen molar-refractivity contribution in [3.8, 4) is 0 Å². The molecule has 1 aromatic heterocycles. The third-order valence-corrected chi connectivity index (χ3v) is 1.52. The van der Waals surface area contributed by atoms with Gasteiger partial charge in [-0.1, -0.05) is 0 Å². The molecule has 0 bridgehead atoms. The summed E-state index contributed by atoms with van der Waals surface area (Å²) >= 11 is 0. The summed E-state index contributed by atoms with van der Waals surface area (Å²) in [6.07, 6.45) is 5.50. The Labute approximate surface area is 76.1 Å². The maximum Gasteiger partial charge on any atom is 0.245 e. The van der Waals surface area contributed by atoms with Gasteiger partial charge < -0.3 is 16.6 Å². The first-order chi connectivity index (χ1) is 6.22. The number of hydrogen-bond donors (Lipinski definition) is 3. The Balaban J connectivity index is 2.53. The van der Waals surface area contributed by atoms with Crippen LogP contribution in [0.5, 0.6) is 0 Å². The molecule has 0 radical (unpaired) electrons. The molecule has 0 unspecified atom stereocenters. The summed E-state index contributed by atoms with van der Waals surface area (Å²) in [6.45, 7) is 1.10. The molecule has 0 aliphatic heterocycles. The van der Waals surface area contributed by atoms with E-state index in [1.165, 1.54) is 0 Å². The first-order valence-electron chi connectivity index (χ1n) is 3.93. The van der Waals surface area contributed by atoms with Crippen molar-refractivity contribution in [2.24, 2.45) is 16.5 Å². The molecule has 0 saturated heterocycles. The van der Waals surface area contributed by atoms with Crippen LogP contribution >= 0.6 is 0 Å². The van der Waals surface area contributed by atoms with Gasteiger partial charge in [0.2, 0.25) is 6.33 Å². The van der Waals surface area contributed by atoms with Gasteiger partial charge in [-0.2, -0.15) is 0 Å². The second-order valence-electron chi connectivity index (χ2n) is 2.61. The third-order valence-electron chi connectivity index (χ3n) is 1.52. The number of rotatable bonds is 4. The second-order valence-corrected chi connectivity index (χ2v) is 2.61. The molecule has 0 aliphatic carbocycles. The van der Waals surface area contributed by atoms with E-state index in [1.807, 2.05) is 27.9 Å². The molecule has 5 N–H and O–H groups in total. The maximum atomic E-state index is 8.65. The van der Waals surface area contributed by atoms with E-state index >= 15 is 0 Å². The van der Waals surface area contributed by atoms with Crippen molar-refractivity contribution in [1.82, 2.24) is 4.57 Å². The van der Waals surface area contributed by atoms with Crippen molar-refractivity contribution in [3.63, 3.8) is 0 Å². The summed E-state index contributed by atoms with van der Waals surface area (Å²) in [6, 6.07) is 0. The molecule has 1 rings (SSSR count). The van der Waals surface area contributed by atoms with Crippen LogP contribution in [-0.4, -0.2) is 22.2 Å². The number of aromatic nitrogens is 2. The fourth-order valence-electron chi connectivity index (χ4n) is 0.933. The second kappa shape index (κ2) is 4.46.